The lowest BCUT2D eigenvalue weighted by atomic mass is 10.2. The molecule has 2 rings (SSSR count). The van der Waals surface area contributed by atoms with E-state index in [0.29, 0.717) is 23.4 Å². The average Bonchev–Trinajstić information content (AvgIpc) is 2.96. The van der Waals surface area contributed by atoms with Gasteiger partial charge in [-0.15, -0.1) is 0 Å². The van der Waals surface area contributed by atoms with Gasteiger partial charge in [-0.2, -0.15) is 0 Å². The molecule has 0 N–H and O–H groups in total. The summed E-state index contributed by atoms with van der Waals surface area (Å²) < 4.78 is 12.7. The van der Waals surface area contributed by atoms with Crippen LogP contribution in [0.4, 0.5) is 5.69 Å². The lowest BCUT2D eigenvalue weighted by Crippen LogP contribution is -2.19. The molecule has 2 aromatic rings. The summed E-state index contributed by atoms with van der Waals surface area (Å²) >= 11 is 3.30. The van der Waals surface area contributed by atoms with Crippen molar-refractivity contribution in [2.45, 2.75) is 6.92 Å². The average molecular weight is 426 g/mol. The second-order valence-electron chi connectivity index (χ2n) is 5.69. The fourth-order valence-electron chi connectivity index (χ4n) is 2.28. The summed E-state index contributed by atoms with van der Waals surface area (Å²) in [6.07, 6.45) is 1.58. The van der Waals surface area contributed by atoms with Crippen molar-refractivity contribution in [1.82, 2.24) is 9.47 Å². The summed E-state index contributed by atoms with van der Waals surface area (Å²) in [7, 11) is 3.85. The molecule has 0 spiro atoms. The van der Waals surface area contributed by atoms with Gasteiger partial charge in [0.15, 0.2) is 0 Å². The van der Waals surface area contributed by atoms with Crippen molar-refractivity contribution in [3.05, 3.63) is 50.7 Å². The minimum atomic E-state index is -0.563. The molecule has 0 aliphatic heterocycles. The van der Waals surface area contributed by atoms with E-state index < -0.39 is 10.9 Å². The van der Waals surface area contributed by atoms with E-state index in [4.69, 9.17) is 9.47 Å². The number of nitrogens with zero attached hydrogens (tertiary/aromatic N) is 3. The maximum absolute atomic E-state index is 12.2. The second kappa shape index (κ2) is 8.81. The van der Waals surface area contributed by atoms with Gasteiger partial charge in [-0.25, -0.2) is 4.79 Å². The number of hydrogen-bond donors (Lipinski definition) is 0. The van der Waals surface area contributed by atoms with Gasteiger partial charge in [0.25, 0.3) is 5.69 Å². The zero-order chi connectivity index (χ0) is 19.3. The lowest BCUT2D eigenvalue weighted by molar-refractivity contribution is -0.384. The molecular formula is C17H20BrN3O5. The number of ether oxygens (including phenoxy) is 2. The standard InChI is InChI=1S/C17H20BrN3O5/c1-4-25-17(22)16-9-12(18)11-20(16)15-10-13(26-8-7-19(2)3)5-6-14(15)21(23)24/h5-6,9-11H,4,7-8H2,1-3H3. The van der Waals surface area contributed by atoms with E-state index in [1.807, 2.05) is 19.0 Å². The van der Waals surface area contributed by atoms with E-state index in [-0.39, 0.29) is 23.7 Å². The summed E-state index contributed by atoms with van der Waals surface area (Å²) in [4.78, 5) is 25.1. The zero-order valence-electron chi connectivity index (χ0n) is 14.8. The van der Waals surface area contributed by atoms with Crippen LogP contribution in [0, 0.1) is 10.1 Å². The van der Waals surface area contributed by atoms with Gasteiger partial charge in [0.2, 0.25) is 0 Å². The number of rotatable bonds is 8. The topological polar surface area (TPSA) is 86.8 Å². The summed E-state index contributed by atoms with van der Waals surface area (Å²) in [6, 6.07) is 6.01. The largest absolute Gasteiger partial charge is 0.492 e. The number of nitro benzene ring substituents is 1. The van der Waals surface area contributed by atoms with Crippen molar-refractivity contribution in [2.24, 2.45) is 0 Å². The molecule has 0 aliphatic rings. The maximum Gasteiger partial charge on any atom is 0.355 e. The summed E-state index contributed by atoms with van der Waals surface area (Å²) in [6.45, 7) is 3.04. The Bertz CT molecular complexity index is 804. The molecule has 0 amide bonds. The first kappa shape index (κ1) is 19.9. The van der Waals surface area contributed by atoms with Crippen LogP contribution in [-0.4, -0.2) is 54.2 Å². The normalized spacial score (nSPS) is 10.8. The fourth-order valence-corrected chi connectivity index (χ4v) is 2.70. The predicted molar refractivity (Wildman–Crippen MR) is 100 cm³/mol. The van der Waals surface area contributed by atoms with E-state index in [1.165, 1.54) is 10.6 Å². The Morgan fingerprint density at radius 3 is 2.69 bits per heavy atom. The minimum absolute atomic E-state index is 0.140. The first-order chi connectivity index (χ1) is 12.3. The highest BCUT2D eigenvalue weighted by Crippen LogP contribution is 2.31. The zero-order valence-corrected chi connectivity index (χ0v) is 16.4. The predicted octanol–water partition coefficient (Wildman–Crippen LogP) is 3.27. The van der Waals surface area contributed by atoms with Crippen molar-refractivity contribution in [2.75, 3.05) is 33.9 Å². The Kier molecular flexibility index (Phi) is 6.76. The third-order valence-corrected chi connectivity index (χ3v) is 3.92. The minimum Gasteiger partial charge on any atom is -0.492 e. The molecule has 1 aromatic heterocycles. The smallest absolute Gasteiger partial charge is 0.355 e. The van der Waals surface area contributed by atoms with Crippen LogP contribution < -0.4 is 4.74 Å². The molecule has 0 saturated heterocycles. The number of nitro groups is 1. The summed E-state index contributed by atoms with van der Waals surface area (Å²) in [5, 5.41) is 11.4. The highest BCUT2D eigenvalue weighted by molar-refractivity contribution is 9.10. The van der Waals surface area contributed by atoms with Gasteiger partial charge in [-0.3, -0.25) is 10.1 Å². The number of carbonyl (C=O) groups excluding carboxylic acids is 1. The van der Waals surface area contributed by atoms with Crippen molar-refractivity contribution >= 4 is 27.6 Å². The molecule has 9 heteroatoms. The number of likely N-dealkylation sites (N-methyl/N-ethyl adjacent to an activating group) is 1. The number of hydrogen-bond acceptors (Lipinski definition) is 6. The number of esters is 1. The van der Waals surface area contributed by atoms with Gasteiger partial charge in [-0.05, 0) is 49.1 Å². The van der Waals surface area contributed by atoms with E-state index in [9.17, 15) is 14.9 Å². The maximum atomic E-state index is 12.2. The summed E-state index contributed by atoms with van der Waals surface area (Å²) in [5.41, 5.74) is 0.275. The van der Waals surface area contributed by atoms with Crippen LogP contribution in [-0.2, 0) is 4.74 Å². The third kappa shape index (κ3) is 4.83. The SMILES string of the molecule is CCOC(=O)c1cc(Br)cn1-c1cc(OCCN(C)C)ccc1[N+](=O)[O-]. The van der Waals surface area contributed by atoms with Crippen LogP contribution in [0.2, 0.25) is 0 Å². The Morgan fingerprint density at radius 2 is 2.08 bits per heavy atom. The lowest BCUT2D eigenvalue weighted by Gasteiger charge is -2.13. The van der Waals surface area contributed by atoms with E-state index in [1.54, 1.807) is 31.3 Å². The first-order valence-corrected chi connectivity index (χ1v) is 8.74. The van der Waals surface area contributed by atoms with Crippen LogP contribution in [0.3, 0.4) is 0 Å². The van der Waals surface area contributed by atoms with Crippen molar-refractivity contribution < 1.29 is 19.2 Å². The van der Waals surface area contributed by atoms with Crippen molar-refractivity contribution in [3.8, 4) is 11.4 Å². The molecule has 0 bridgehead atoms. The van der Waals surface area contributed by atoms with Crippen LogP contribution >= 0.6 is 15.9 Å². The Balaban J connectivity index is 2.46. The van der Waals surface area contributed by atoms with Crippen LogP contribution in [0.1, 0.15) is 17.4 Å². The van der Waals surface area contributed by atoms with E-state index in [0.717, 1.165) is 0 Å². The molecular weight excluding hydrogens is 406 g/mol. The molecule has 1 aromatic carbocycles. The molecule has 140 valence electrons. The van der Waals surface area contributed by atoms with Gasteiger partial charge >= 0.3 is 5.97 Å². The Morgan fingerprint density at radius 1 is 1.35 bits per heavy atom. The quantitative estimate of drug-likeness (QED) is 0.366. The molecule has 0 radical (unpaired) electrons. The highest BCUT2D eigenvalue weighted by atomic mass is 79.9. The Hall–Kier alpha value is -2.39. The van der Waals surface area contributed by atoms with Crippen LogP contribution in [0.25, 0.3) is 5.69 Å². The molecule has 8 nitrogen and oxygen atoms in total. The van der Waals surface area contributed by atoms with Gasteiger partial charge in [0.1, 0.15) is 23.7 Å². The van der Waals surface area contributed by atoms with Crippen molar-refractivity contribution in [1.29, 1.82) is 0 Å². The molecule has 0 fully saturated rings. The first-order valence-electron chi connectivity index (χ1n) is 7.94. The molecule has 0 saturated carbocycles. The Labute approximate surface area is 159 Å². The highest BCUT2D eigenvalue weighted by Gasteiger charge is 2.22. The van der Waals surface area contributed by atoms with Gasteiger partial charge in [-0.1, -0.05) is 0 Å². The molecule has 0 atom stereocenters. The van der Waals surface area contributed by atoms with Crippen molar-refractivity contribution in [3.63, 3.8) is 0 Å². The van der Waals surface area contributed by atoms with E-state index >= 15 is 0 Å². The monoisotopic (exact) mass is 425 g/mol. The fraction of sp³-hybridized carbons (Fsp3) is 0.353. The van der Waals surface area contributed by atoms with E-state index in [2.05, 4.69) is 15.9 Å². The second-order valence-corrected chi connectivity index (χ2v) is 6.61. The molecule has 0 aliphatic carbocycles. The summed E-state index contributed by atoms with van der Waals surface area (Å²) in [5.74, 6) is -0.0847. The number of carbonyl (C=O) groups is 1. The molecule has 1 heterocycles. The third-order valence-electron chi connectivity index (χ3n) is 3.48. The van der Waals surface area contributed by atoms with Gasteiger partial charge in [0, 0.05) is 29.3 Å². The van der Waals surface area contributed by atoms with Crippen LogP contribution in [0.5, 0.6) is 5.75 Å². The van der Waals surface area contributed by atoms with Gasteiger partial charge in [0.05, 0.1) is 11.5 Å². The number of halogens is 1. The molecule has 26 heavy (non-hydrogen) atoms. The van der Waals surface area contributed by atoms with Gasteiger partial charge < -0.3 is 18.9 Å². The number of benzene rings is 1. The van der Waals surface area contributed by atoms with Crippen LogP contribution in [0.15, 0.2) is 34.9 Å². The molecule has 0 unspecified atom stereocenters. The number of aromatic nitrogens is 1.